The molecule has 0 aliphatic heterocycles. The fourth-order valence-electron chi connectivity index (χ4n) is 0. The maximum absolute atomic E-state index is 8.52. The van der Waals surface area contributed by atoms with Crippen molar-refractivity contribution in [2.45, 2.75) is 26.4 Å². The van der Waals surface area contributed by atoms with Crippen LogP contribution in [0.1, 0.15) is 20.8 Å². The first-order valence-electron chi connectivity index (χ1n) is 1.72. The molecule has 0 heterocycles. The minimum Gasteiger partial charge on any atom is -0.391 e. The van der Waals surface area contributed by atoms with E-state index < -0.39 is 5.60 Å². The Labute approximate surface area is 97.9 Å². The number of hydrogen-bond donors (Lipinski definition) is 1. The van der Waals surface area contributed by atoms with Crippen LogP contribution in [0.2, 0.25) is 0 Å². The Morgan fingerprint density at radius 3 is 1.17 bits per heavy atom. The van der Waals surface area contributed by atoms with Gasteiger partial charge in [0, 0.05) is 68.9 Å². The average molecular weight is 207 g/mol. The second-order valence-corrected chi connectivity index (χ2v) is 2.17. The molecule has 1 N–H and O–H groups in total. The predicted molar refractivity (Wildman–Crippen MR) is 27.7 cm³/mol. The molecule has 0 spiro atoms. The van der Waals surface area contributed by atoms with E-state index in [1.54, 1.807) is 20.8 Å². The molecule has 0 unspecified atom stereocenters. The van der Waals surface area contributed by atoms with E-state index in [0.29, 0.717) is 0 Å². The van der Waals surface area contributed by atoms with Crippen molar-refractivity contribution in [2.75, 3.05) is 0 Å². The molecule has 2 heteroatoms. The van der Waals surface area contributed by atoms with Crippen LogP contribution in [-0.4, -0.2) is 79.6 Å². The summed E-state index contributed by atoms with van der Waals surface area (Å²) in [6.07, 6.45) is 0. The first kappa shape index (κ1) is 10.9. The van der Waals surface area contributed by atoms with Crippen LogP contribution in [0.5, 0.6) is 0 Å². The van der Waals surface area contributed by atoms with Gasteiger partial charge in [0.2, 0.25) is 0 Å². The second-order valence-electron chi connectivity index (χ2n) is 2.17. The van der Waals surface area contributed by atoms with Gasteiger partial charge in [-0.3, -0.25) is 0 Å². The molecule has 0 amide bonds. The molecule has 0 aliphatic carbocycles. The van der Waals surface area contributed by atoms with Gasteiger partial charge in [-0.25, -0.2) is 0 Å². The SMILES string of the molecule is CC(C)(C)O.[Cs]. The second kappa shape index (κ2) is 3.95. The largest absolute Gasteiger partial charge is 0.391 e. The summed E-state index contributed by atoms with van der Waals surface area (Å²) in [6.45, 7) is 5.23. The molecule has 0 saturated heterocycles. The van der Waals surface area contributed by atoms with Crippen LogP contribution >= 0.6 is 0 Å². The topological polar surface area (TPSA) is 20.2 Å². The van der Waals surface area contributed by atoms with E-state index in [4.69, 9.17) is 5.11 Å². The molecule has 0 atom stereocenters. The molecule has 1 nitrogen and oxygen atoms in total. The van der Waals surface area contributed by atoms with E-state index in [2.05, 4.69) is 0 Å². The van der Waals surface area contributed by atoms with Crippen molar-refractivity contribution < 1.29 is 5.11 Å². The van der Waals surface area contributed by atoms with Crippen LogP contribution in [0.15, 0.2) is 0 Å². The molecule has 0 rings (SSSR count). The van der Waals surface area contributed by atoms with E-state index in [9.17, 15) is 0 Å². The average Bonchev–Trinajstić information content (AvgIpc) is 0.722. The van der Waals surface area contributed by atoms with Crippen LogP contribution in [0.3, 0.4) is 0 Å². The fraction of sp³-hybridized carbons (Fsp3) is 1.00. The van der Waals surface area contributed by atoms with Crippen molar-refractivity contribution in [3.05, 3.63) is 0 Å². The Bertz CT molecular complexity index is 23.0. The Morgan fingerprint density at radius 1 is 1.17 bits per heavy atom. The molecule has 0 bridgehead atoms. The van der Waals surface area contributed by atoms with Crippen molar-refractivity contribution in [2.24, 2.45) is 0 Å². The van der Waals surface area contributed by atoms with Crippen LogP contribution in [0.4, 0.5) is 0 Å². The van der Waals surface area contributed by atoms with E-state index >= 15 is 0 Å². The molecule has 0 aliphatic rings. The van der Waals surface area contributed by atoms with E-state index in [0.717, 1.165) is 0 Å². The predicted octanol–water partition coefficient (Wildman–Crippen LogP) is 0.396. The van der Waals surface area contributed by atoms with Gasteiger partial charge >= 0.3 is 0 Å². The van der Waals surface area contributed by atoms with Gasteiger partial charge in [0.1, 0.15) is 0 Å². The number of rotatable bonds is 0. The van der Waals surface area contributed by atoms with Crippen molar-refractivity contribution in [1.82, 2.24) is 0 Å². The Hall–Kier alpha value is 2.01. The summed E-state index contributed by atoms with van der Waals surface area (Å²) < 4.78 is 0. The first-order valence-corrected chi connectivity index (χ1v) is 1.72. The molecule has 33 valence electrons. The number of hydrogen-bond acceptors (Lipinski definition) is 1. The van der Waals surface area contributed by atoms with Gasteiger partial charge in [-0.1, -0.05) is 0 Å². The minimum absolute atomic E-state index is 0. The fourth-order valence-corrected chi connectivity index (χ4v) is 0. The van der Waals surface area contributed by atoms with Gasteiger partial charge in [0.15, 0.2) is 0 Å². The summed E-state index contributed by atoms with van der Waals surface area (Å²) in [5.41, 5.74) is -0.500. The maximum atomic E-state index is 8.52. The summed E-state index contributed by atoms with van der Waals surface area (Å²) in [4.78, 5) is 0. The summed E-state index contributed by atoms with van der Waals surface area (Å²) in [6, 6.07) is 0. The monoisotopic (exact) mass is 207 g/mol. The van der Waals surface area contributed by atoms with Crippen molar-refractivity contribution in [3.63, 3.8) is 0 Å². The zero-order valence-electron chi connectivity index (χ0n) is 4.95. The van der Waals surface area contributed by atoms with Gasteiger partial charge in [0.25, 0.3) is 0 Å². The number of aliphatic hydroxyl groups is 1. The quantitative estimate of drug-likeness (QED) is 0.609. The molecule has 0 aromatic carbocycles. The normalized spacial score (nSPS) is 10.0. The van der Waals surface area contributed by atoms with Gasteiger partial charge < -0.3 is 5.11 Å². The van der Waals surface area contributed by atoms with Crippen molar-refractivity contribution in [1.29, 1.82) is 0 Å². The van der Waals surface area contributed by atoms with Crippen LogP contribution in [-0.2, 0) is 0 Å². The Morgan fingerprint density at radius 2 is 1.17 bits per heavy atom. The first-order chi connectivity index (χ1) is 2.00. The summed E-state index contributed by atoms with van der Waals surface area (Å²) >= 11 is 0. The van der Waals surface area contributed by atoms with Crippen molar-refractivity contribution >= 4 is 68.9 Å². The Kier molecular flexibility index (Phi) is 7.17. The molecular formula is C4H10CsO. The molecule has 1 radical (unpaired) electrons. The van der Waals surface area contributed by atoms with Gasteiger partial charge in [0.05, 0.1) is 5.60 Å². The van der Waals surface area contributed by atoms with E-state index in [-0.39, 0.29) is 68.9 Å². The van der Waals surface area contributed by atoms with E-state index in [1.165, 1.54) is 0 Å². The zero-order chi connectivity index (χ0) is 4.50. The molecular weight excluding hydrogens is 197 g/mol. The van der Waals surface area contributed by atoms with Gasteiger partial charge in [-0.15, -0.1) is 0 Å². The van der Waals surface area contributed by atoms with Crippen LogP contribution < -0.4 is 0 Å². The third-order valence-corrected chi connectivity index (χ3v) is 0. The molecule has 0 saturated carbocycles. The van der Waals surface area contributed by atoms with Gasteiger partial charge in [-0.2, -0.15) is 0 Å². The van der Waals surface area contributed by atoms with Crippen LogP contribution in [0.25, 0.3) is 0 Å². The third-order valence-electron chi connectivity index (χ3n) is 0. The Balaban J connectivity index is 0. The van der Waals surface area contributed by atoms with Gasteiger partial charge in [-0.05, 0) is 20.8 Å². The summed E-state index contributed by atoms with van der Waals surface area (Å²) in [7, 11) is 0. The standard InChI is InChI=1S/C4H10O.Cs/c1-4(2,3)5;/h5H,1-3H3;. The van der Waals surface area contributed by atoms with Crippen LogP contribution in [0, 0.1) is 0 Å². The summed E-state index contributed by atoms with van der Waals surface area (Å²) in [5, 5.41) is 8.52. The van der Waals surface area contributed by atoms with Crippen molar-refractivity contribution in [3.8, 4) is 0 Å². The molecule has 6 heavy (non-hydrogen) atoms. The molecule has 0 fully saturated rings. The molecule has 0 aromatic heterocycles. The summed E-state index contributed by atoms with van der Waals surface area (Å²) in [5.74, 6) is 0. The minimum atomic E-state index is -0.500. The smallest absolute Gasteiger partial charge is 0.0563 e. The zero-order valence-corrected chi connectivity index (χ0v) is 11.2. The maximum Gasteiger partial charge on any atom is 0.0563 e. The third kappa shape index (κ3) is 37.3. The molecule has 0 aromatic rings. The van der Waals surface area contributed by atoms with E-state index in [1.807, 2.05) is 0 Å².